The van der Waals surface area contributed by atoms with Crippen molar-refractivity contribution in [2.75, 3.05) is 31.3 Å². The maximum Gasteiger partial charge on any atom is 0.101 e. The molecule has 0 aromatic heterocycles. The third kappa shape index (κ3) is 4.33. The second-order valence-electron chi connectivity index (χ2n) is 3.86. The molecule has 0 amide bonds. The number of anilines is 2. The number of unbranched alkanes of at least 4 members (excludes halogenated alkanes) is 2. The minimum Gasteiger partial charge on any atom is -0.396 e. The fraction of sp³-hybridized carbons (Fsp3) is 0.462. The smallest absolute Gasteiger partial charge is 0.101 e. The Bertz CT molecular complexity index is 385. The summed E-state index contributed by atoms with van der Waals surface area (Å²) in [6, 6.07) is 7.52. The lowest BCUT2D eigenvalue weighted by molar-refractivity contribution is 0.192. The van der Waals surface area contributed by atoms with E-state index in [4.69, 9.17) is 15.7 Å². The first kappa shape index (κ1) is 13.3. The molecule has 0 atom stereocenters. The summed E-state index contributed by atoms with van der Waals surface area (Å²) in [5.74, 6) is 0. The first-order valence-corrected chi connectivity index (χ1v) is 5.81. The lowest BCUT2D eigenvalue weighted by Crippen LogP contribution is -2.05. The molecule has 0 unspecified atom stereocenters. The molecule has 1 rings (SSSR count). The van der Waals surface area contributed by atoms with Crippen LogP contribution in [0.5, 0.6) is 0 Å². The molecule has 0 spiro atoms. The number of benzene rings is 1. The van der Waals surface area contributed by atoms with Crippen molar-refractivity contribution < 1.29 is 4.74 Å². The molecule has 0 aliphatic carbocycles. The van der Waals surface area contributed by atoms with Crippen molar-refractivity contribution in [2.45, 2.75) is 19.3 Å². The molecule has 3 N–H and O–H groups in total. The van der Waals surface area contributed by atoms with E-state index >= 15 is 0 Å². The molecule has 0 radical (unpaired) electrons. The van der Waals surface area contributed by atoms with Gasteiger partial charge in [0.1, 0.15) is 6.07 Å². The molecule has 0 heterocycles. The Hall–Kier alpha value is -1.73. The van der Waals surface area contributed by atoms with Crippen LogP contribution in [0.2, 0.25) is 0 Å². The Morgan fingerprint density at radius 3 is 2.88 bits per heavy atom. The van der Waals surface area contributed by atoms with Gasteiger partial charge in [0.05, 0.1) is 16.9 Å². The van der Waals surface area contributed by atoms with Crippen LogP contribution in [0.4, 0.5) is 11.4 Å². The molecule has 0 saturated heterocycles. The summed E-state index contributed by atoms with van der Waals surface area (Å²) in [7, 11) is 1.71. The number of rotatable bonds is 7. The number of ether oxygens (including phenoxy) is 1. The summed E-state index contributed by atoms with van der Waals surface area (Å²) in [5, 5.41) is 12.1. The summed E-state index contributed by atoms with van der Waals surface area (Å²) < 4.78 is 4.98. The number of nitrogen functional groups attached to an aromatic ring is 1. The maximum absolute atomic E-state index is 8.84. The van der Waals surface area contributed by atoms with Gasteiger partial charge in [0, 0.05) is 20.3 Å². The Morgan fingerprint density at radius 2 is 2.18 bits per heavy atom. The molecule has 1 aromatic rings. The monoisotopic (exact) mass is 233 g/mol. The van der Waals surface area contributed by atoms with Crippen molar-refractivity contribution in [1.29, 1.82) is 5.26 Å². The van der Waals surface area contributed by atoms with E-state index in [9.17, 15) is 0 Å². The van der Waals surface area contributed by atoms with E-state index < -0.39 is 0 Å². The first-order chi connectivity index (χ1) is 8.29. The van der Waals surface area contributed by atoms with Crippen molar-refractivity contribution in [3.8, 4) is 6.07 Å². The minimum absolute atomic E-state index is 0.523. The zero-order valence-corrected chi connectivity index (χ0v) is 10.2. The van der Waals surface area contributed by atoms with Gasteiger partial charge in [0.25, 0.3) is 0 Å². The molecule has 4 nitrogen and oxygen atoms in total. The molecule has 17 heavy (non-hydrogen) atoms. The van der Waals surface area contributed by atoms with Gasteiger partial charge < -0.3 is 15.8 Å². The zero-order valence-electron chi connectivity index (χ0n) is 10.2. The summed E-state index contributed by atoms with van der Waals surface area (Å²) >= 11 is 0. The highest BCUT2D eigenvalue weighted by Gasteiger charge is 2.02. The van der Waals surface area contributed by atoms with Gasteiger partial charge in [0.2, 0.25) is 0 Å². The molecule has 0 aliphatic heterocycles. The van der Waals surface area contributed by atoms with Crippen LogP contribution >= 0.6 is 0 Å². The predicted molar refractivity (Wildman–Crippen MR) is 69.8 cm³/mol. The summed E-state index contributed by atoms with van der Waals surface area (Å²) in [6.45, 7) is 1.68. The lowest BCUT2D eigenvalue weighted by Gasteiger charge is -2.09. The minimum atomic E-state index is 0.523. The molecule has 0 fully saturated rings. The second kappa shape index (κ2) is 7.53. The number of hydrogen-bond acceptors (Lipinski definition) is 4. The molecule has 92 valence electrons. The third-order valence-corrected chi connectivity index (χ3v) is 2.57. The average molecular weight is 233 g/mol. The fourth-order valence-electron chi connectivity index (χ4n) is 1.59. The predicted octanol–water partition coefficient (Wildman–Crippen LogP) is 2.37. The molecule has 1 aromatic carbocycles. The van der Waals surface area contributed by atoms with Gasteiger partial charge >= 0.3 is 0 Å². The van der Waals surface area contributed by atoms with Crippen molar-refractivity contribution in [1.82, 2.24) is 0 Å². The molecule has 4 heteroatoms. The van der Waals surface area contributed by atoms with E-state index in [0.29, 0.717) is 11.3 Å². The highest BCUT2D eigenvalue weighted by molar-refractivity contribution is 5.72. The van der Waals surface area contributed by atoms with Gasteiger partial charge in [0.15, 0.2) is 0 Å². The average Bonchev–Trinajstić information content (AvgIpc) is 2.35. The Morgan fingerprint density at radius 1 is 1.35 bits per heavy atom. The number of nitriles is 1. The summed E-state index contributed by atoms with van der Waals surface area (Å²) in [6.07, 6.45) is 3.27. The van der Waals surface area contributed by atoms with Crippen LogP contribution < -0.4 is 11.1 Å². The number of nitrogens with zero attached hydrogens (tertiary/aromatic N) is 1. The van der Waals surface area contributed by atoms with Crippen LogP contribution in [0.15, 0.2) is 18.2 Å². The quantitative estimate of drug-likeness (QED) is 0.560. The maximum atomic E-state index is 8.84. The van der Waals surface area contributed by atoms with Crippen molar-refractivity contribution in [3.05, 3.63) is 23.8 Å². The number of nitrogens with one attached hydrogen (secondary N) is 1. The number of hydrogen-bond donors (Lipinski definition) is 2. The van der Waals surface area contributed by atoms with E-state index in [0.717, 1.165) is 38.1 Å². The molecule has 0 aliphatic rings. The first-order valence-electron chi connectivity index (χ1n) is 5.81. The normalized spacial score (nSPS) is 9.88. The Kier molecular flexibility index (Phi) is 5.91. The van der Waals surface area contributed by atoms with Gasteiger partial charge in [-0.05, 0) is 31.4 Å². The standard InChI is InChI=1S/C13H19N3O/c1-17-9-4-2-3-8-16-12-7-5-6-11(10-14)13(12)15/h5-7,16H,2-4,8-9,15H2,1H3. The van der Waals surface area contributed by atoms with Gasteiger partial charge in [-0.1, -0.05) is 6.07 Å². The third-order valence-electron chi connectivity index (χ3n) is 2.57. The van der Waals surface area contributed by atoms with Crippen LogP contribution in [0.1, 0.15) is 24.8 Å². The zero-order chi connectivity index (χ0) is 12.5. The number of nitrogens with two attached hydrogens (primary N) is 1. The van der Waals surface area contributed by atoms with E-state index in [-0.39, 0.29) is 0 Å². The summed E-state index contributed by atoms with van der Waals surface area (Å²) in [4.78, 5) is 0. The van der Waals surface area contributed by atoms with E-state index in [1.165, 1.54) is 0 Å². The Labute approximate surface area is 102 Å². The van der Waals surface area contributed by atoms with Crippen molar-refractivity contribution in [3.63, 3.8) is 0 Å². The van der Waals surface area contributed by atoms with Gasteiger partial charge in [-0.2, -0.15) is 5.26 Å². The van der Waals surface area contributed by atoms with E-state index in [1.807, 2.05) is 12.1 Å². The largest absolute Gasteiger partial charge is 0.396 e. The van der Waals surface area contributed by atoms with Gasteiger partial charge in [-0.15, -0.1) is 0 Å². The second-order valence-corrected chi connectivity index (χ2v) is 3.86. The highest BCUT2D eigenvalue weighted by atomic mass is 16.5. The SMILES string of the molecule is COCCCCCNc1cccc(C#N)c1N. The van der Waals surface area contributed by atoms with Gasteiger partial charge in [-0.25, -0.2) is 0 Å². The number of para-hydroxylation sites is 1. The summed E-state index contributed by atoms with van der Waals surface area (Å²) in [5.41, 5.74) is 7.75. The van der Waals surface area contributed by atoms with Crippen LogP contribution in [0.25, 0.3) is 0 Å². The van der Waals surface area contributed by atoms with Crippen LogP contribution in [-0.4, -0.2) is 20.3 Å². The van der Waals surface area contributed by atoms with Crippen LogP contribution in [-0.2, 0) is 4.74 Å². The molecule has 0 bridgehead atoms. The van der Waals surface area contributed by atoms with E-state index in [1.54, 1.807) is 13.2 Å². The topological polar surface area (TPSA) is 71.1 Å². The van der Waals surface area contributed by atoms with Crippen molar-refractivity contribution in [2.24, 2.45) is 0 Å². The van der Waals surface area contributed by atoms with Crippen molar-refractivity contribution >= 4 is 11.4 Å². The molecule has 0 saturated carbocycles. The number of methoxy groups -OCH3 is 1. The highest BCUT2D eigenvalue weighted by Crippen LogP contribution is 2.21. The lowest BCUT2D eigenvalue weighted by atomic mass is 10.1. The molecular formula is C13H19N3O. The van der Waals surface area contributed by atoms with E-state index in [2.05, 4.69) is 11.4 Å². The molecular weight excluding hydrogens is 214 g/mol. The Balaban J connectivity index is 2.35. The van der Waals surface area contributed by atoms with Crippen LogP contribution in [0, 0.1) is 11.3 Å². The van der Waals surface area contributed by atoms with Gasteiger partial charge in [-0.3, -0.25) is 0 Å². The van der Waals surface area contributed by atoms with Crippen LogP contribution in [0.3, 0.4) is 0 Å². The fourth-order valence-corrected chi connectivity index (χ4v) is 1.59.